The summed E-state index contributed by atoms with van der Waals surface area (Å²) < 4.78 is 18.2. The highest BCUT2D eigenvalue weighted by molar-refractivity contribution is 5.90. The van der Waals surface area contributed by atoms with Gasteiger partial charge in [-0.1, -0.05) is 36.4 Å². The van der Waals surface area contributed by atoms with Crippen molar-refractivity contribution in [3.63, 3.8) is 0 Å². The van der Waals surface area contributed by atoms with Crippen molar-refractivity contribution in [2.75, 3.05) is 27.5 Å². The summed E-state index contributed by atoms with van der Waals surface area (Å²) >= 11 is 0. The third kappa shape index (κ3) is 3.12. The molecule has 35 heavy (non-hydrogen) atoms. The lowest BCUT2D eigenvalue weighted by Crippen LogP contribution is -3.10. The van der Waals surface area contributed by atoms with Gasteiger partial charge in [-0.15, -0.1) is 0 Å². The number of aromatic amines is 1. The molecule has 1 unspecified atom stereocenters. The Morgan fingerprint density at radius 1 is 1.11 bits per heavy atom. The largest absolute Gasteiger partial charge is 0.494 e. The molecule has 0 saturated heterocycles. The number of fused-ring (bicyclic) bond motifs is 3. The second-order valence-corrected chi connectivity index (χ2v) is 8.83. The van der Waals surface area contributed by atoms with E-state index >= 15 is 0 Å². The molecule has 0 saturated carbocycles. The highest BCUT2D eigenvalue weighted by Gasteiger charge is 2.41. The second-order valence-electron chi connectivity index (χ2n) is 8.83. The van der Waals surface area contributed by atoms with Gasteiger partial charge in [0.15, 0.2) is 17.5 Å². The molecule has 0 fully saturated rings. The predicted octanol–water partition coefficient (Wildman–Crippen LogP) is 1.28. The Kier molecular flexibility index (Phi) is 4.82. The van der Waals surface area contributed by atoms with E-state index in [1.165, 1.54) is 4.57 Å². The van der Waals surface area contributed by atoms with E-state index in [9.17, 15) is 14.7 Å². The normalized spacial score (nSPS) is 18.5. The van der Waals surface area contributed by atoms with Gasteiger partial charge in [-0.3, -0.25) is 9.78 Å². The van der Waals surface area contributed by atoms with Crippen molar-refractivity contribution in [3.05, 3.63) is 86.1 Å². The van der Waals surface area contributed by atoms with Crippen LogP contribution < -0.4 is 30.4 Å². The third-order valence-corrected chi connectivity index (χ3v) is 6.93. The summed E-state index contributed by atoms with van der Waals surface area (Å²) in [5.41, 5.74) is 0.912. The number of aromatic hydroxyl groups is 1. The van der Waals surface area contributed by atoms with Crippen molar-refractivity contribution in [2.45, 2.75) is 12.5 Å². The first kappa shape index (κ1) is 21.3. The van der Waals surface area contributed by atoms with Gasteiger partial charge < -0.3 is 24.2 Å². The summed E-state index contributed by atoms with van der Waals surface area (Å²) in [6.07, 6.45) is 0.728. The zero-order valence-electron chi connectivity index (χ0n) is 19.3. The zero-order chi connectivity index (χ0) is 24.3. The number of H-pyrrole nitrogens is 1. The summed E-state index contributed by atoms with van der Waals surface area (Å²) in [4.78, 5) is 29.7. The molecule has 2 aliphatic heterocycles. The van der Waals surface area contributed by atoms with E-state index in [-0.39, 0.29) is 12.4 Å². The zero-order valence-corrected chi connectivity index (χ0v) is 19.3. The Bertz CT molecular complexity index is 1600. The van der Waals surface area contributed by atoms with Crippen molar-refractivity contribution in [1.29, 1.82) is 0 Å². The van der Waals surface area contributed by atoms with Gasteiger partial charge in [0.1, 0.15) is 5.56 Å². The Labute approximate surface area is 199 Å². The minimum Gasteiger partial charge on any atom is -0.494 e. The Hall–Kier alpha value is -4.24. The highest BCUT2D eigenvalue weighted by Crippen LogP contribution is 2.48. The number of benzene rings is 3. The summed E-state index contributed by atoms with van der Waals surface area (Å²) in [7, 11) is 3.49. The fourth-order valence-electron chi connectivity index (χ4n) is 5.34. The molecule has 3 N–H and O–H groups in total. The molecule has 0 amide bonds. The van der Waals surface area contributed by atoms with Crippen LogP contribution in [0.4, 0.5) is 0 Å². The smallest absolute Gasteiger partial charge is 0.335 e. The maximum atomic E-state index is 13.3. The molecule has 3 aromatic carbocycles. The van der Waals surface area contributed by atoms with Crippen LogP contribution in [0.5, 0.6) is 23.1 Å². The second kappa shape index (κ2) is 7.92. The monoisotopic (exact) mass is 474 g/mol. The van der Waals surface area contributed by atoms with Crippen LogP contribution in [0.2, 0.25) is 0 Å². The van der Waals surface area contributed by atoms with Crippen molar-refractivity contribution in [1.82, 2.24) is 9.55 Å². The number of hydrogen-bond acceptors (Lipinski definition) is 6. The minimum atomic E-state index is -0.709. The maximum absolute atomic E-state index is 13.3. The van der Waals surface area contributed by atoms with E-state index < -0.39 is 23.2 Å². The quantitative estimate of drug-likeness (QED) is 0.413. The Morgan fingerprint density at radius 2 is 1.91 bits per heavy atom. The summed E-state index contributed by atoms with van der Waals surface area (Å²) in [6.45, 7) is 0.784. The molecule has 1 aromatic heterocycles. The van der Waals surface area contributed by atoms with Crippen LogP contribution in [-0.4, -0.2) is 42.2 Å². The van der Waals surface area contributed by atoms with E-state index in [1.807, 2.05) is 49.5 Å². The third-order valence-electron chi connectivity index (χ3n) is 6.93. The molecule has 9 nitrogen and oxygen atoms in total. The van der Waals surface area contributed by atoms with Crippen LogP contribution in [0.3, 0.4) is 0 Å². The van der Waals surface area contributed by atoms with Crippen LogP contribution >= 0.6 is 0 Å². The maximum Gasteiger partial charge on any atom is 0.335 e. The summed E-state index contributed by atoms with van der Waals surface area (Å²) in [5, 5.41) is 13.2. The summed E-state index contributed by atoms with van der Waals surface area (Å²) in [5.74, 6) is 1.15. The lowest BCUT2D eigenvalue weighted by atomic mass is 9.87. The molecule has 0 radical (unpaired) electrons. The van der Waals surface area contributed by atoms with Crippen LogP contribution in [0.1, 0.15) is 22.7 Å². The van der Waals surface area contributed by atoms with Gasteiger partial charge in [0, 0.05) is 11.8 Å². The van der Waals surface area contributed by atoms with Gasteiger partial charge in [0.25, 0.3) is 5.56 Å². The molecule has 178 valence electrons. The molecule has 3 heterocycles. The van der Waals surface area contributed by atoms with E-state index in [0.717, 1.165) is 33.2 Å². The molecule has 6 rings (SSSR count). The molecule has 4 aromatic rings. The summed E-state index contributed by atoms with van der Waals surface area (Å²) in [6, 6.07) is 14.4. The number of rotatable bonds is 3. The first-order valence-corrected chi connectivity index (χ1v) is 11.4. The van der Waals surface area contributed by atoms with Crippen LogP contribution in [0.15, 0.2) is 58.1 Å². The fourth-order valence-corrected chi connectivity index (χ4v) is 5.34. The van der Waals surface area contributed by atoms with Crippen molar-refractivity contribution < 1.29 is 24.2 Å². The molecular formula is C26H24N3O6+. The Balaban J connectivity index is 1.65. The average molecular weight is 474 g/mol. The lowest BCUT2D eigenvalue weighted by Gasteiger charge is -2.33. The van der Waals surface area contributed by atoms with E-state index in [0.29, 0.717) is 29.5 Å². The molecule has 0 bridgehead atoms. The number of hydrogen-bond donors (Lipinski definition) is 3. The van der Waals surface area contributed by atoms with Gasteiger partial charge in [-0.05, 0) is 23.1 Å². The van der Waals surface area contributed by atoms with E-state index in [2.05, 4.69) is 4.98 Å². The number of likely N-dealkylation sites (N-methyl/N-ethyl adjacent to an activating group) is 1. The van der Waals surface area contributed by atoms with Gasteiger partial charge in [0.05, 0.1) is 32.0 Å². The highest BCUT2D eigenvalue weighted by atomic mass is 16.7. The average Bonchev–Trinajstić information content (AvgIpc) is 3.32. The lowest BCUT2D eigenvalue weighted by molar-refractivity contribution is -0.908. The molecule has 0 aliphatic carbocycles. The minimum absolute atomic E-state index is 0.0831. The fraction of sp³-hybridized carbons (Fsp3) is 0.231. The molecule has 2 atom stereocenters. The van der Waals surface area contributed by atoms with E-state index in [4.69, 9.17) is 14.2 Å². The Morgan fingerprint density at radius 3 is 2.74 bits per heavy atom. The van der Waals surface area contributed by atoms with E-state index in [1.54, 1.807) is 13.2 Å². The van der Waals surface area contributed by atoms with Gasteiger partial charge in [-0.2, -0.15) is 0 Å². The van der Waals surface area contributed by atoms with Gasteiger partial charge in [0.2, 0.25) is 18.4 Å². The van der Waals surface area contributed by atoms with Crippen LogP contribution in [0.25, 0.3) is 16.5 Å². The standard InChI is InChI=1S/C26H23N3O6/c1-28-11-10-15-12-18-22(35-13-34-18)23(33-2)19(15)21(28)20-24(30)27-26(32)29(25(20)31)17-9-5-7-14-6-3-4-8-16(14)17/h3-9,12,21,31H,10-11,13H2,1-2H3,(H,27,30,32)/p+1/t21-/m0/s1. The van der Waals surface area contributed by atoms with Gasteiger partial charge >= 0.3 is 5.69 Å². The number of methoxy groups -OCH3 is 1. The first-order valence-electron chi connectivity index (χ1n) is 11.4. The van der Waals surface area contributed by atoms with Crippen molar-refractivity contribution in [3.8, 4) is 28.8 Å². The molecule has 2 aliphatic rings. The number of aromatic nitrogens is 2. The molecule has 9 heteroatoms. The first-order chi connectivity index (χ1) is 17.0. The number of quaternary nitrogens is 1. The van der Waals surface area contributed by atoms with Crippen LogP contribution in [0, 0.1) is 0 Å². The van der Waals surface area contributed by atoms with Crippen molar-refractivity contribution >= 4 is 10.8 Å². The number of ether oxygens (including phenoxy) is 3. The van der Waals surface area contributed by atoms with Crippen LogP contribution in [-0.2, 0) is 6.42 Å². The SMILES string of the molecule is COc1c2c(cc3c1[C@@H](c1c(O)n(-c4cccc5ccccc45)c(=O)[nH]c1=O)[NH+](C)CC3)OCO2. The molecule has 0 spiro atoms. The number of nitrogens with one attached hydrogen (secondary N) is 2. The van der Waals surface area contributed by atoms with Gasteiger partial charge in [-0.25, -0.2) is 9.36 Å². The topological polar surface area (TPSA) is 107 Å². The molecular weight excluding hydrogens is 450 g/mol. The van der Waals surface area contributed by atoms with Crippen molar-refractivity contribution in [2.24, 2.45) is 0 Å². The number of nitrogens with zero attached hydrogens (tertiary/aromatic N) is 1. The predicted molar refractivity (Wildman–Crippen MR) is 128 cm³/mol.